The Hall–Kier alpha value is -1.10. The van der Waals surface area contributed by atoms with E-state index in [4.69, 9.17) is 0 Å². The van der Waals surface area contributed by atoms with Gasteiger partial charge in [-0.15, -0.1) is 5.10 Å². The Balaban J connectivity index is 1.63. The summed E-state index contributed by atoms with van der Waals surface area (Å²) in [7, 11) is 2.04. The average molecular weight is 221 g/mol. The van der Waals surface area contributed by atoms with Gasteiger partial charge < -0.3 is 10.2 Å². The van der Waals surface area contributed by atoms with Crippen molar-refractivity contribution in [1.82, 2.24) is 20.5 Å². The van der Waals surface area contributed by atoms with E-state index < -0.39 is 0 Å². The molecule has 0 radical (unpaired) electrons. The molecule has 1 saturated carbocycles. The lowest BCUT2D eigenvalue weighted by Gasteiger charge is -2.30. The summed E-state index contributed by atoms with van der Waals surface area (Å²) in [4.78, 5) is 6.87. The number of nitrogens with one attached hydrogen (secondary N) is 2. The van der Waals surface area contributed by atoms with Crippen LogP contribution in [-0.4, -0.2) is 41.4 Å². The molecule has 2 heterocycles. The molecule has 1 aromatic rings. The van der Waals surface area contributed by atoms with Crippen LogP contribution >= 0.6 is 0 Å². The highest BCUT2D eigenvalue weighted by atomic mass is 15.4. The molecular formula is C11H19N5. The Morgan fingerprint density at radius 3 is 2.62 bits per heavy atom. The van der Waals surface area contributed by atoms with Gasteiger partial charge in [-0.3, -0.25) is 5.10 Å². The summed E-state index contributed by atoms with van der Waals surface area (Å²) in [5, 5.41) is 10.7. The molecule has 3 rings (SSSR count). The van der Waals surface area contributed by atoms with E-state index in [0.717, 1.165) is 24.9 Å². The summed E-state index contributed by atoms with van der Waals surface area (Å²) >= 11 is 0. The van der Waals surface area contributed by atoms with Crippen LogP contribution in [0.5, 0.6) is 0 Å². The molecule has 0 unspecified atom stereocenters. The van der Waals surface area contributed by atoms with Crippen molar-refractivity contribution in [1.29, 1.82) is 0 Å². The summed E-state index contributed by atoms with van der Waals surface area (Å²) in [6.07, 6.45) is 4.92. The van der Waals surface area contributed by atoms with E-state index in [1.54, 1.807) is 0 Å². The largest absolute Gasteiger partial charge is 0.339 e. The molecule has 0 amide bonds. The van der Waals surface area contributed by atoms with Gasteiger partial charge in [-0.1, -0.05) is 0 Å². The third-order valence-corrected chi connectivity index (χ3v) is 3.64. The van der Waals surface area contributed by atoms with Crippen LogP contribution in [0.2, 0.25) is 0 Å². The second-order valence-corrected chi connectivity index (χ2v) is 4.84. The minimum absolute atomic E-state index is 0.663. The second-order valence-electron chi connectivity index (χ2n) is 4.84. The summed E-state index contributed by atoms with van der Waals surface area (Å²) in [6, 6.07) is 0.665. The molecule has 0 atom stereocenters. The number of hydrogen-bond acceptors (Lipinski definition) is 4. The van der Waals surface area contributed by atoms with Crippen LogP contribution in [0.15, 0.2) is 0 Å². The van der Waals surface area contributed by atoms with Crippen molar-refractivity contribution in [2.45, 2.75) is 37.6 Å². The second kappa shape index (κ2) is 4.05. The van der Waals surface area contributed by atoms with Crippen molar-refractivity contribution >= 4 is 5.95 Å². The summed E-state index contributed by atoms with van der Waals surface area (Å²) in [6.45, 7) is 2.13. The lowest BCUT2D eigenvalue weighted by atomic mass is 10.1. The molecule has 0 aromatic carbocycles. The number of aromatic nitrogens is 3. The van der Waals surface area contributed by atoms with Crippen LogP contribution in [-0.2, 0) is 0 Å². The Labute approximate surface area is 95.6 Å². The first kappa shape index (κ1) is 10.1. The zero-order valence-electron chi connectivity index (χ0n) is 9.74. The molecule has 16 heavy (non-hydrogen) atoms. The van der Waals surface area contributed by atoms with Gasteiger partial charge in [0.1, 0.15) is 5.82 Å². The van der Waals surface area contributed by atoms with E-state index >= 15 is 0 Å². The Bertz CT molecular complexity index is 349. The Morgan fingerprint density at radius 1 is 1.25 bits per heavy atom. The summed E-state index contributed by atoms with van der Waals surface area (Å²) in [5.74, 6) is 2.65. The van der Waals surface area contributed by atoms with Crippen molar-refractivity contribution in [2.24, 2.45) is 0 Å². The minimum atomic E-state index is 0.663. The first-order chi connectivity index (χ1) is 7.86. The molecule has 1 aliphatic heterocycles. The van der Waals surface area contributed by atoms with Gasteiger partial charge in [-0.25, -0.2) is 0 Å². The standard InChI is InChI=1S/C11H19N5/c1-12-9-4-6-16(7-5-9)11-13-10(14-15-11)8-2-3-8/h8-9,12H,2-7H2,1H3,(H,13,14,15). The van der Waals surface area contributed by atoms with Crippen LogP contribution in [0.4, 0.5) is 5.95 Å². The molecular weight excluding hydrogens is 202 g/mol. The van der Waals surface area contributed by atoms with Gasteiger partial charge in [0.05, 0.1) is 0 Å². The highest BCUT2D eigenvalue weighted by Gasteiger charge is 2.28. The summed E-state index contributed by atoms with van der Waals surface area (Å²) in [5.41, 5.74) is 0. The molecule has 1 saturated heterocycles. The van der Waals surface area contributed by atoms with Gasteiger partial charge in [-0.2, -0.15) is 4.98 Å². The number of aromatic amines is 1. The molecule has 1 aromatic heterocycles. The van der Waals surface area contributed by atoms with Crippen LogP contribution in [0.25, 0.3) is 0 Å². The van der Waals surface area contributed by atoms with Gasteiger partial charge in [-0.05, 0) is 32.7 Å². The maximum absolute atomic E-state index is 4.59. The van der Waals surface area contributed by atoms with Crippen LogP contribution in [0.1, 0.15) is 37.4 Å². The van der Waals surface area contributed by atoms with Crippen LogP contribution in [0.3, 0.4) is 0 Å². The fourth-order valence-corrected chi connectivity index (χ4v) is 2.31. The molecule has 5 nitrogen and oxygen atoms in total. The van der Waals surface area contributed by atoms with Crippen molar-refractivity contribution in [2.75, 3.05) is 25.0 Å². The van der Waals surface area contributed by atoms with Crippen molar-refractivity contribution < 1.29 is 0 Å². The number of piperidine rings is 1. The lowest BCUT2D eigenvalue weighted by molar-refractivity contribution is 0.439. The number of rotatable bonds is 3. The normalized spacial score (nSPS) is 22.7. The lowest BCUT2D eigenvalue weighted by Crippen LogP contribution is -2.41. The van der Waals surface area contributed by atoms with Crippen molar-refractivity contribution in [3.8, 4) is 0 Å². The third kappa shape index (κ3) is 1.91. The number of nitrogens with zero attached hydrogens (tertiary/aromatic N) is 3. The highest BCUT2D eigenvalue weighted by molar-refractivity contribution is 5.30. The zero-order valence-corrected chi connectivity index (χ0v) is 9.74. The fourth-order valence-electron chi connectivity index (χ4n) is 2.31. The molecule has 2 N–H and O–H groups in total. The molecule has 2 aliphatic rings. The quantitative estimate of drug-likeness (QED) is 0.795. The molecule has 88 valence electrons. The van der Waals surface area contributed by atoms with Crippen LogP contribution < -0.4 is 10.2 Å². The first-order valence-electron chi connectivity index (χ1n) is 6.21. The van der Waals surface area contributed by atoms with Crippen molar-refractivity contribution in [3.63, 3.8) is 0 Å². The molecule has 1 aliphatic carbocycles. The number of anilines is 1. The molecule has 5 heteroatoms. The zero-order chi connectivity index (χ0) is 11.0. The molecule has 0 spiro atoms. The Kier molecular flexibility index (Phi) is 2.55. The van der Waals surface area contributed by atoms with E-state index in [-0.39, 0.29) is 0 Å². The van der Waals surface area contributed by atoms with Crippen LogP contribution in [0, 0.1) is 0 Å². The first-order valence-corrected chi connectivity index (χ1v) is 6.21. The average Bonchev–Trinajstić information content (AvgIpc) is 3.08. The van der Waals surface area contributed by atoms with Gasteiger partial charge in [0.15, 0.2) is 0 Å². The van der Waals surface area contributed by atoms with Gasteiger partial charge in [0.2, 0.25) is 5.95 Å². The number of hydrogen-bond donors (Lipinski definition) is 2. The van der Waals surface area contributed by atoms with Gasteiger partial charge in [0, 0.05) is 25.0 Å². The van der Waals surface area contributed by atoms with E-state index in [1.165, 1.54) is 25.7 Å². The van der Waals surface area contributed by atoms with Crippen molar-refractivity contribution in [3.05, 3.63) is 5.82 Å². The number of H-pyrrole nitrogens is 1. The minimum Gasteiger partial charge on any atom is -0.339 e. The molecule has 0 bridgehead atoms. The van der Waals surface area contributed by atoms with E-state index in [2.05, 4.69) is 25.4 Å². The van der Waals surface area contributed by atoms with Gasteiger partial charge in [0.25, 0.3) is 0 Å². The highest BCUT2D eigenvalue weighted by Crippen LogP contribution is 2.38. The smallest absolute Gasteiger partial charge is 0.244 e. The maximum Gasteiger partial charge on any atom is 0.244 e. The van der Waals surface area contributed by atoms with E-state index in [1.807, 2.05) is 7.05 Å². The van der Waals surface area contributed by atoms with Gasteiger partial charge >= 0.3 is 0 Å². The predicted octanol–water partition coefficient (Wildman–Crippen LogP) is 0.870. The third-order valence-electron chi connectivity index (χ3n) is 3.64. The topological polar surface area (TPSA) is 56.8 Å². The SMILES string of the molecule is CNC1CCN(c2n[nH]c(C3CC3)n2)CC1. The Morgan fingerprint density at radius 2 is 2.00 bits per heavy atom. The monoisotopic (exact) mass is 221 g/mol. The van der Waals surface area contributed by atoms with E-state index in [9.17, 15) is 0 Å². The van der Waals surface area contributed by atoms with E-state index in [0.29, 0.717) is 12.0 Å². The maximum atomic E-state index is 4.59. The molecule has 2 fully saturated rings. The summed E-state index contributed by atoms with van der Waals surface area (Å²) < 4.78 is 0. The predicted molar refractivity (Wildman–Crippen MR) is 62.7 cm³/mol. The fraction of sp³-hybridized carbons (Fsp3) is 0.818.